The molecular formula is C12H15N3O4. The van der Waals surface area contributed by atoms with E-state index in [1.165, 1.54) is 24.3 Å². The fraction of sp³-hybridized carbons (Fsp3) is 0.417. The van der Waals surface area contributed by atoms with Crippen LogP contribution >= 0.6 is 0 Å². The summed E-state index contributed by atoms with van der Waals surface area (Å²) in [7, 11) is 1.99. The summed E-state index contributed by atoms with van der Waals surface area (Å²) in [6.45, 7) is 1.75. The molecule has 0 radical (unpaired) electrons. The molecule has 2 rings (SSSR count). The maximum atomic E-state index is 11.6. The molecule has 1 saturated heterocycles. The number of nitrogens with zero attached hydrogens (tertiary/aromatic N) is 2. The molecule has 1 atom stereocenters. The Kier molecular flexibility index (Phi) is 3.96. The van der Waals surface area contributed by atoms with Gasteiger partial charge in [0, 0.05) is 24.7 Å². The molecule has 1 aliphatic rings. The highest BCUT2D eigenvalue weighted by atomic mass is 16.6. The Morgan fingerprint density at radius 3 is 2.68 bits per heavy atom. The average molecular weight is 265 g/mol. The zero-order valence-corrected chi connectivity index (χ0v) is 10.5. The second kappa shape index (κ2) is 5.66. The van der Waals surface area contributed by atoms with Gasteiger partial charge in [0.1, 0.15) is 5.75 Å². The Balaban J connectivity index is 1.86. The Hall–Kier alpha value is -2.15. The highest BCUT2D eigenvalue weighted by molar-refractivity contribution is 5.70. The van der Waals surface area contributed by atoms with E-state index in [-0.39, 0.29) is 17.5 Å². The van der Waals surface area contributed by atoms with Crippen LogP contribution in [0.3, 0.4) is 0 Å². The summed E-state index contributed by atoms with van der Waals surface area (Å²) in [4.78, 5) is 23.7. The van der Waals surface area contributed by atoms with Crippen molar-refractivity contribution in [2.24, 2.45) is 0 Å². The van der Waals surface area contributed by atoms with Crippen molar-refractivity contribution in [3.63, 3.8) is 0 Å². The molecule has 1 aromatic rings. The van der Waals surface area contributed by atoms with Gasteiger partial charge in [-0.2, -0.15) is 0 Å². The minimum atomic E-state index is -0.533. The number of carbonyl (C=O) groups excluding carboxylic acids is 1. The second-order valence-electron chi connectivity index (χ2n) is 4.53. The number of hydrogen-bond acceptors (Lipinski definition) is 5. The zero-order chi connectivity index (χ0) is 13.8. The van der Waals surface area contributed by atoms with E-state index in [0.29, 0.717) is 0 Å². The van der Waals surface area contributed by atoms with Crippen molar-refractivity contribution < 1.29 is 14.5 Å². The highest BCUT2D eigenvalue weighted by Crippen LogP contribution is 2.17. The number of hydrogen-bond donors (Lipinski definition) is 1. The van der Waals surface area contributed by atoms with Gasteiger partial charge in [0.15, 0.2) is 0 Å². The van der Waals surface area contributed by atoms with Crippen LogP contribution in [0.15, 0.2) is 24.3 Å². The quantitative estimate of drug-likeness (QED) is 0.659. The van der Waals surface area contributed by atoms with Crippen LogP contribution in [0.4, 0.5) is 10.5 Å². The van der Waals surface area contributed by atoms with E-state index in [2.05, 4.69) is 10.2 Å². The number of benzene rings is 1. The topological polar surface area (TPSA) is 84.7 Å². The number of nitrogens with one attached hydrogen (secondary N) is 1. The molecule has 19 heavy (non-hydrogen) atoms. The van der Waals surface area contributed by atoms with Crippen LogP contribution in [-0.2, 0) is 0 Å². The Labute approximate surface area is 110 Å². The molecule has 1 N–H and O–H groups in total. The third-order valence-corrected chi connectivity index (χ3v) is 2.97. The lowest BCUT2D eigenvalue weighted by Crippen LogP contribution is -2.38. The Bertz CT molecular complexity index is 474. The molecule has 102 valence electrons. The molecule has 0 aromatic heterocycles. The lowest BCUT2D eigenvalue weighted by Gasteiger charge is -2.12. The normalized spacial score (nSPS) is 19.1. The molecule has 0 saturated carbocycles. The van der Waals surface area contributed by atoms with Gasteiger partial charge in [-0.05, 0) is 32.1 Å². The molecule has 1 fully saturated rings. The number of amides is 1. The van der Waals surface area contributed by atoms with Gasteiger partial charge < -0.3 is 15.0 Å². The van der Waals surface area contributed by atoms with Crippen molar-refractivity contribution in [2.45, 2.75) is 12.5 Å². The second-order valence-corrected chi connectivity index (χ2v) is 4.53. The van der Waals surface area contributed by atoms with Gasteiger partial charge in [-0.3, -0.25) is 10.1 Å². The van der Waals surface area contributed by atoms with Gasteiger partial charge in [-0.25, -0.2) is 4.79 Å². The fourth-order valence-corrected chi connectivity index (χ4v) is 1.99. The van der Waals surface area contributed by atoms with E-state index >= 15 is 0 Å². The summed E-state index contributed by atoms with van der Waals surface area (Å²) in [6, 6.07) is 5.49. The predicted molar refractivity (Wildman–Crippen MR) is 68.2 cm³/mol. The summed E-state index contributed by atoms with van der Waals surface area (Å²) in [5, 5.41) is 13.2. The van der Waals surface area contributed by atoms with Crippen molar-refractivity contribution in [1.82, 2.24) is 10.2 Å². The van der Waals surface area contributed by atoms with Crippen LogP contribution in [0, 0.1) is 10.1 Å². The standard InChI is InChI=1S/C12H15N3O4/c1-14-7-6-9(8-14)13-12(16)19-11-4-2-10(3-5-11)15(17)18/h2-5,9H,6-8H2,1H3,(H,13,16)/t9-/m0/s1. The largest absolute Gasteiger partial charge is 0.412 e. The van der Waals surface area contributed by atoms with Crippen LogP contribution in [0.25, 0.3) is 0 Å². The summed E-state index contributed by atoms with van der Waals surface area (Å²) in [6.07, 6.45) is 0.362. The van der Waals surface area contributed by atoms with Gasteiger partial charge in [-0.1, -0.05) is 0 Å². The SMILES string of the molecule is CN1CC[C@H](NC(=O)Oc2ccc([N+](=O)[O-])cc2)C1. The summed E-state index contributed by atoms with van der Waals surface area (Å²) < 4.78 is 5.06. The van der Waals surface area contributed by atoms with Crippen LogP contribution < -0.4 is 10.1 Å². The Morgan fingerprint density at radius 2 is 2.16 bits per heavy atom. The summed E-state index contributed by atoms with van der Waals surface area (Å²) in [5.41, 5.74) is -0.0369. The molecule has 1 aliphatic heterocycles. The van der Waals surface area contributed by atoms with Crippen LogP contribution in [0.1, 0.15) is 6.42 Å². The molecule has 0 unspecified atom stereocenters. The summed E-state index contributed by atoms with van der Waals surface area (Å²) >= 11 is 0. The van der Waals surface area contributed by atoms with E-state index in [4.69, 9.17) is 4.74 Å². The van der Waals surface area contributed by atoms with Crippen molar-refractivity contribution in [2.75, 3.05) is 20.1 Å². The first kappa shape index (κ1) is 13.3. The van der Waals surface area contributed by atoms with Gasteiger partial charge >= 0.3 is 6.09 Å². The lowest BCUT2D eigenvalue weighted by atomic mass is 10.3. The molecule has 7 nitrogen and oxygen atoms in total. The van der Waals surface area contributed by atoms with Crippen LogP contribution in [0.5, 0.6) is 5.75 Å². The van der Waals surface area contributed by atoms with Gasteiger partial charge in [0.05, 0.1) is 4.92 Å². The number of nitro benzene ring substituents is 1. The predicted octanol–water partition coefficient (Wildman–Crippen LogP) is 1.39. The van der Waals surface area contributed by atoms with Crippen LogP contribution in [0.2, 0.25) is 0 Å². The van der Waals surface area contributed by atoms with Crippen molar-refractivity contribution in [3.8, 4) is 5.75 Å². The van der Waals surface area contributed by atoms with Gasteiger partial charge in [0.25, 0.3) is 5.69 Å². The van der Waals surface area contributed by atoms with E-state index in [1.807, 2.05) is 7.05 Å². The number of non-ortho nitro benzene ring substituents is 1. The lowest BCUT2D eigenvalue weighted by molar-refractivity contribution is -0.384. The van der Waals surface area contributed by atoms with E-state index < -0.39 is 11.0 Å². The maximum Gasteiger partial charge on any atom is 0.412 e. The molecule has 1 heterocycles. The van der Waals surface area contributed by atoms with Gasteiger partial charge in [-0.15, -0.1) is 0 Å². The number of ether oxygens (including phenoxy) is 1. The number of nitro groups is 1. The van der Waals surface area contributed by atoms with Crippen molar-refractivity contribution in [1.29, 1.82) is 0 Å². The number of likely N-dealkylation sites (tertiary alicyclic amines) is 1. The average Bonchev–Trinajstić information content (AvgIpc) is 2.75. The van der Waals surface area contributed by atoms with E-state index in [1.54, 1.807) is 0 Å². The third kappa shape index (κ3) is 3.65. The van der Waals surface area contributed by atoms with E-state index in [0.717, 1.165) is 19.5 Å². The first-order chi connectivity index (χ1) is 9.04. The number of carbonyl (C=O) groups is 1. The Morgan fingerprint density at radius 1 is 1.47 bits per heavy atom. The number of rotatable bonds is 3. The highest BCUT2D eigenvalue weighted by Gasteiger charge is 2.21. The molecular weight excluding hydrogens is 250 g/mol. The molecule has 0 bridgehead atoms. The molecule has 0 aliphatic carbocycles. The van der Waals surface area contributed by atoms with Crippen LogP contribution in [-0.4, -0.2) is 42.1 Å². The molecule has 1 amide bonds. The third-order valence-electron chi connectivity index (χ3n) is 2.97. The fourth-order valence-electron chi connectivity index (χ4n) is 1.99. The molecule has 1 aromatic carbocycles. The first-order valence-corrected chi connectivity index (χ1v) is 5.96. The first-order valence-electron chi connectivity index (χ1n) is 5.96. The summed E-state index contributed by atoms with van der Waals surface area (Å²) in [5.74, 6) is 0.287. The molecule has 7 heteroatoms. The maximum absolute atomic E-state index is 11.6. The smallest absolute Gasteiger partial charge is 0.410 e. The van der Waals surface area contributed by atoms with E-state index in [9.17, 15) is 14.9 Å². The monoisotopic (exact) mass is 265 g/mol. The van der Waals surface area contributed by atoms with Crippen molar-refractivity contribution in [3.05, 3.63) is 34.4 Å². The minimum absolute atomic E-state index is 0.0369. The number of likely N-dealkylation sites (N-methyl/N-ethyl adjacent to an activating group) is 1. The zero-order valence-electron chi connectivity index (χ0n) is 10.5. The molecule has 0 spiro atoms. The van der Waals surface area contributed by atoms with Gasteiger partial charge in [0.2, 0.25) is 0 Å². The van der Waals surface area contributed by atoms with Crippen molar-refractivity contribution >= 4 is 11.8 Å². The minimum Gasteiger partial charge on any atom is -0.410 e.